The van der Waals surface area contributed by atoms with Gasteiger partial charge in [0, 0.05) is 31.6 Å². The summed E-state index contributed by atoms with van der Waals surface area (Å²) in [6, 6.07) is 22.0. The third-order valence-corrected chi connectivity index (χ3v) is 6.89. The molecule has 4 atom stereocenters. The summed E-state index contributed by atoms with van der Waals surface area (Å²) in [5.74, 6) is 0.115. The molecule has 4 unspecified atom stereocenters. The van der Waals surface area contributed by atoms with E-state index in [1.54, 1.807) is 24.3 Å². The summed E-state index contributed by atoms with van der Waals surface area (Å²) in [5.41, 5.74) is 4.20. The number of likely N-dealkylation sites (N-methyl/N-ethyl adjacent to an activating group) is 1. The molecule has 1 heterocycles. The van der Waals surface area contributed by atoms with E-state index >= 15 is 0 Å². The summed E-state index contributed by atoms with van der Waals surface area (Å²) in [6.45, 7) is 4.88. The topological polar surface area (TPSA) is 121 Å². The van der Waals surface area contributed by atoms with Gasteiger partial charge in [0.05, 0.1) is 24.9 Å². The number of rotatable bonds is 12. The number of alkyl carbamates (subject to hydrolysis) is 1. The van der Waals surface area contributed by atoms with Crippen molar-refractivity contribution in [3.05, 3.63) is 113 Å². The molecule has 3 aromatic rings. The Morgan fingerprint density at radius 2 is 1.80 bits per heavy atom. The molecule has 0 bridgehead atoms. The number of aromatic hydroxyl groups is 1. The number of hydrogen-bond donors (Lipinski definition) is 4. The molecule has 9 nitrogen and oxygen atoms in total. The molecule has 4 N–H and O–H groups in total. The highest BCUT2D eigenvalue weighted by Crippen LogP contribution is 2.38. The molecular weight excluding hydrogens is 524 g/mol. The summed E-state index contributed by atoms with van der Waals surface area (Å²) in [6.07, 6.45) is -0.217. The molecule has 9 heteroatoms. The largest absolute Gasteiger partial charge is 0.508 e. The highest BCUT2D eigenvalue weighted by molar-refractivity contribution is 5.67. The molecule has 3 aromatic carbocycles. The Kier molecular flexibility index (Phi) is 10.9. The molecule has 218 valence electrons. The van der Waals surface area contributed by atoms with E-state index in [2.05, 4.69) is 11.9 Å². The molecule has 4 rings (SSSR count). The van der Waals surface area contributed by atoms with E-state index in [0.29, 0.717) is 31.6 Å². The fourth-order valence-corrected chi connectivity index (χ4v) is 4.74. The number of nitrogens with zero attached hydrogens (tertiary/aromatic N) is 1. The van der Waals surface area contributed by atoms with E-state index < -0.39 is 18.5 Å². The van der Waals surface area contributed by atoms with Crippen LogP contribution in [0.3, 0.4) is 0 Å². The maximum Gasteiger partial charge on any atom is 0.407 e. The zero-order valence-corrected chi connectivity index (χ0v) is 23.2. The van der Waals surface area contributed by atoms with Crippen molar-refractivity contribution in [2.45, 2.75) is 44.2 Å². The number of aliphatic hydroxyl groups excluding tert-OH is 2. The second-order valence-electron chi connectivity index (χ2n) is 10.2. The summed E-state index contributed by atoms with van der Waals surface area (Å²) in [7, 11) is 1.92. The van der Waals surface area contributed by atoms with Crippen LogP contribution in [-0.4, -0.2) is 59.2 Å². The van der Waals surface area contributed by atoms with Gasteiger partial charge in [-0.3, -0.25) is 0 Å². The van der Waals surface area contributed by atoms with Crippen LogP contribution in [0.15, 0.2) is 85.5 Å². The van der Waals surface area contributed by atoms with Crippen LogP contribution in [0.4, 0.5) is 4.79 Å². The molecule has 1 saturated heterocycles. The minimum Gasteiger partial charge on any atom is -0.508 e. The van der Waals surface area contributed by atoms with Gasteiger partial charge < -0.3 is 39.7 Å². The van der Waals surface area contributed by atoms with Gasteiger partial charge in [0.2, 0.25) is 0 Å². The maximum atomic E-state index is 11.7. The fourth-order valence-electron chi connectivity index (χ4n) is 4.74. The van der Waals surface area contributed by atoms with E-state index in [0.717, 1.165) is 22.3 Å². The second-order valence-corrected chi connectivity index (χ2v) is 10.2. The SMILES string of the molecule is C=CCOC(=O)NCc1ccc(C2OC(CN(C)CC(O)c3cccc(O)c3)CC(c3ccc(CO)cc3)O2)cc1. The number of nitrogens with one attached hydrogen (secondary N) is 1. The third-order valence-electron chi connectivity index (χ3n) is 6.89. The van der Waals surface area contributed by atoms with Gasteiger partial charge in [-0.15, -0.1) is 0 Å². The first-order chi connectivity index (χ1) is 19.8. The van der Waals surface area contributed by atoms with Crippen LogP contribution in [0.25, 0.3) is 0 Å². The summed E-state index contributed by atoms with van der Waals surface area (Å²) >= 11 is 0. The van der Waals surface area contributed by atoms with Gasteiger partial charge in [-0.1, -0.05) is 73.3 Å². The molecule has 41 heavy (non-hydrogen) atoms. The molecular formula is C32H38N2O7. The first kappa shape index (κ1) is 30.2. The lowest BCUT2D eigenvalue weighted by molar-refractivity contribution is -0.252. The first-order valence-electron chi connectivity index (χ1n) is 13.6. The van der Waals surface area contributed by atoms with Crippen molar-refractivity contribution in [3.63, 3.8) is 0 Å². The number of phenolic OH excluding ortho intramolecular Hbond substituents is 1. The molecule has 1 fully saturated rings. The number of carbonyl (C=O) groups excluding carboxylic acids is 1. The Hall–Kier alpha value is -3.73. The number of hydrogen-bond acceptors (Lipinski definition) is 8. The van der Waals surface area contributed by atoms with E-state index in [1.807, 2.05) is 60.5 Å². The van der Waals surface area contributed by atoms with Crippen LogP contribution in [0.2, 0.25) is 0 Å². The third kappa shape index (κ3) is 8.88. The average molecular weight is 563 g/mol. The van der Waals surface area contributed by atoms with Gasteiger partial charge in [-0.05, 0) is 41.4 Å². The number of aliphatic hydroxyl groups is 2. The van der Waals surface area contributed by atoms with Crippen LogP contribution in [-0.2, 0) is 27.4 Å². The van der Waals surface area contributed by atoms with Gasteiger partial charge in [-0.2, -0.15) is 0 Å². The smallest absolute Gasteiger partial charge is 0.407 e. The fraction of sp³-hybridized carbons (Fsp3) is 0.344. The van der Waals surface area contributed by atoms with Crippen molar-refractivity contribution in [2.75, 3.05) is 26.7 Å². The van der Waals surface area contributed by atoms with E-state index in [4.69, 9.17) is 14.2 Å². The van der Waals surface area contributed by atoms with Gasteiger partial charge in [-0.25, -0.2) is 4.79 Å². The van der Waals surface area contributed by atoms with Crippen LogP contribution in [0.5, 0.6) is 5.75 Å². The Morgan fingerprint density at radius 1 is 1.10 bits per heavy atom. The lowest BCUT2D eigenvalue weighted by Crippen LogP contribution is -2.39. The molecule has 0 radical (unpaired) electrons. The molecule has 1 aliphatic heterocycles. The Labute approximate surface area is 240 Å². The molecule has 1 amide bonds. The van der Waals surface area contributed by atoms with Crippen molar-refractivity contribution >= 4 is 6.09 Å². The highest BCUT2D eigenvalue weighted by atomic mass is 16.7. The van der Waals surface area contributed by atoms with Crippen molar-refractivity contribution < 1.29 is 34.3 Å². The lowest BCUT2D eigenvalue weighted by Gasteiger charge is -2.38. The predicted octanol–water partition coefficient (Wildman–Crippen LogP) is 4.51. The van der Waals surface area contributed by atoms with Crippen LogP contribution in [0.1, 0.15) is 52.7 Å². The standard InChI is InChI=1S/C32H38N2O7/c1-3-15-39-32(38)33-18-22-7-13-25(14-8-22)31-40-28(17-30(41-31)24-11-9-23(21-35)10-12-24)19-34(2)20-29(37)26-5-4-6-27(36)16-26/h3-14,16,28-31,35-37H,1,15,17-21H2,2H3,(H,33,38). The number of benzene rings is 3. The molecule has 0 spiro atoms. The van der Waals surface area contributed by atoms with Crippen LogP contribution < -0.4 is 5.32 Å². The van der Waals surface area contributed by atoms with Crippen LogP contribution in [0, 0.1) is 0 Å². The predicted molar refractivity (Wildman–Crippen MR) is 154 cm³/mol. The molecule has 0 aliphatic carbocycles. The maximum absolute atomic E-state index is 11.7. The van der Waals surface area contributed by atoms with Crippen molar-refractivity contribution in [1.29, 1.82) is 0 Å². The van der Waals surface area contributed by atoms with Crippen molar-refractivity contribution in [2.24, 2.45) is 0 Å². The van der Waals surface area contributed by atoms with Crippen molar-refractivity contribution in [1.82, 2.24) is 10.2 Å². The zero-order chi connectivity index (χ0) is 29.2. The van der Waals surface area contributed by atoms with Gasteiger partial charge in [0.25, 0.3) is 0 Å². The minimum atomic E-state index is -0.764. The van der Waals surface area contributed by atoms with E-state index in [1.165, 1.54) is 6.08 Å². The lowest BCUT2D eigenvalue weighted by atomic mass is 9.99. The van der Waals surface area contributed by atoms with Crippen molar-refractivity contribution in [3.8, 4) is 5.75 Å². The minimum absolute atomic E-state index is 0.0281. The van der Waals surface area contributed by atoms with Gasteiger partial charge >= 0.3 is 6.09 Å². The summed E-state index contributed by atoms with van der Waals surface area (Å²) in [5, 5.41) is 32.6. The quantitative estimate of drug-likeness (QED) is 0.238. The summed E-state index contributed by atoms with van der Waals surface area (Å²) in [4.78, 5) is 13.7. The van der Waals surface area contributed by atoms with E-state index in [9.17, 15) is 20.1 Å². The Bertz CT molecular complexity index is 1270. The molecule has 0 saturated carbocycles. The molecule has 1 aliphatic rings. The number of phenols is 1. The Morgan fingerprint density at radius 3 is 2.49 bits per heavy atom. The first-order valence-corrected chi connectivity index (χ1v) is 13.6. The van der Waals surface area contributed by atoms with E-state index in [-0.39, 0.29) is 31.2 Å². The van der Waals surface area contributed by atoms with Crippen LogP contribution >= 0.6 is 0 Å². The monoisotopic (exact) mass is 562 g/mol. The summed E-state index contributed by atoms with van der Waals surface area (Å²) < 4.78 is 17.8. The molecule has 0 aromatic heterocycles. The van der Waals surface area contributed by atoms with Gasteiger partial charge in [0.1, 0.15) is 12.4 Å². The second kappa shape index (κ2) is 14.8. The normalized spacial score (nSPS) is 19.5. The number of carbonyl (C=O) groups is 1. The number of ether oxygens (including phenoxy) is 3. The average Bonchev–Trinajstić information content (AvgIpc) is 2.99. The Balaban J connectivity index is 1.44. The number of amides is 1. The highest BCUT2D eigenvalue weighted by Gasteiger charge is 2.33. The zero-order valence-electron chi connectivity index (χ0n) is 23.2. The van der Waals surface area contributed by atoms with Gasteiger partial charge in [0.15, 0.2) is 6.29 Å².